The van der Waals surface area contributed by atoms with Crippen molar-refractivity contribution in [3.8, 4) is 0 Å². The molecule has 1 heterocycles. The van der Waals surface area contributed by atoms with E-state index in [0.717, 1.165) is 0 Å². The summed E-state index contributed by atoms with van der Waals surface area (Å²) in [6.07, 6.45) is 2.82. The smallest absolute Gasteiger partial charge is 0.306 e. The second-order valence-electron chi connectivity index (χ2n) is 3.31. The van der Waals surface area contributed by atoms with Crippen molar-refractivity contribution in [3.63, 3.8) is 0 Å². The molecule has 0 fully saturated rings. The van der Waals surface area contributed by atoms with Crippen molar-refractivity contribution < 1.29 is 9.18 Å². The zero-order valence-electron chi connectivity index (χ0n) is 9.02. The van der Waals surface area contributed by atoms with E-state index in [9.17, 15) is 9.18 Å². The Bertz CT molecular complexity index is 564. The van der Waals surface area contributed by atoms with Gasteiger partial charge in [-0.3, -0.25) is 0 Å². The standard InChI is InChI=1S/C11H8ClFN4O/c12-10-8(13)2-1-3-9(10)17-11(18)16-7-4-5-14-15-6-7/h1-6H,(H2,14,16,17,18). The quantitative estimate of drug-likeness (QED) is 0.878. The molecule has 0 aliphatic carbocycles. The van der Waals surface area contributed by atoms with Crippen LogP contribution in [0.5, 0.6) is 0 Å². The van der Waals surface area contributed by atoms with Crippen molar-refractivity contribution in [2.45, 2.75) is 0 Å². The van der Waals surface area contributed by atoms with Crippen LogP contribution in [0.15, 0.2) is 36.7 Å². The first-order valence-electron chi connectivity index (χ1n) is 4.95. The van der Waals surface area contributed by atoms with Crippen LogP contribution >= 0.6 is 11.6 Å². The molecule has 5 nitrogen and oxygen atoms in total. The van der Waals surface area contributed by atoms with E-state index in [0.29, 0.717) is 5.69 Å². The Kier molecular flexibility index (Phi) is 3.69. The zero-order valence-corrected chi connectivity index (χ0v) is 9.78. The lowest BCUT2D eigenvalue weighted by molar-refractivity contribution is 0.262. The van der Waals surface area contributed by atoms with Gasteiger partial charge in [0, 0.05) is 0 Å². The summed E-state index contributed by atoms with van der Waals surface area (Å²) < 4.78 is 13.1. The van der Waals surface area contributed by atoms with Crippen LogP contribution in [0.3, 0.4) is 0 Å². The van der Waals surface area contributed by atoms with Gasteiger partial charge in [-0.2, -0.15) is 10.2 Å². The number of carbonyl (C=O) groups excluding carboxylic acids is 1. The third-order valence-electron chi connectivity index (χ3n) is 2.04. The average Bonchev–Trinajstić information content (AvgIpc) is 2.36. The van der Waals surface area contributed by atoms with E-state index in [4.69, 9.17) is 11.6 Å². The van der Waals surface area contributed by atoms with Gasteiger partial charge in [-0.15, -0.1) is 0 Å². The van der Waals surface area contributed by atoms with E-state index in [2.05, 4.69) is 20.8 Å². The number of nitrogens with one attached hydrogen (secondary N) is 2. The fourth-order valence-corrected chi connectivity index (χ4v) is 1.42. The molecule has 0 radical (unpaired) electrons. The highest BCUT2D eigenvalue weighted by atomic mass is 35.5. The molecule has 2 aromatic rings. The second kappa shape index (κ2) is 5.42. The molecule has 0 aliphatic rings. The van der Waals surface area contributed by atoms with Gasteiger partial charge in [0.15, 0.2) is 0 Å². The predicted octanol–water partition coefficient (Wildman–Crippen LogP) is 2.91. The molecule has 0 atom stereocenters. The lowest BCUT2D eigenvalue weighted by Crippen LogP contribution is -2.19. The third kappa shape index (κ3) is 2.92. The molecule has 0 aliphatic heterocycles. The van der Waals surface area contributed by atoms with Gasteiger partial charge in [-0.25, -0.2) is 9.18 Å². The van der Waals surface area contributed by atoms with Gasteiger partial charge in [-0.1, -0.05) is 17.7 Å². The number of hydrogen-bond acceptors (Lipinski definition) is 3. The first-order chi connectivity index (χ1) is 8.66. The lowest BCUT2D eigenvalue weighted by Gasteiger charge is -2.08. The molecular weight excluding hydrogens is 259 g/mol. The molecule has 7 heteroatoms. The molecule has 2 rings (SSSR count). The molecule has 18 heavy (non-hydrogen) atoms. The number of nitrogens with zero attached hydrogens (tertiary/aromatic N) is 2. The fourth-order valence-electron chi connectivity index (χ4n) is 1.25. The van der Waals surface area contributed by atoms with Crippen molar-refractivity contribution in [1.82, 2.24) is 10.2 Å². The Hall–Kier alpha value is -2.21. The number of carbonyl (C=O) groups is 1. The Labute approximate surface area is 107 Å². The highest BCUT2D eigenvalue weighted by Crippen LogP contribution is 2.24. The minimum Gasteiger partial charge on any atom is -0.306 e. The molecule has 0 saturated carbocycles. The van der Waals surface area contributed by atoms with Gasteiger partial charge in [0.05, 0.1) is 28.8 Å². The Morgan fingerprint density at radius 2 is 2.06 bits per heavy atom. The predicted molar refractivity (Wildman–Crippen MR) is 66.1 cm³/mol. The van der Waals surface area contributed by atoms with E-state index >= 15 is 0 Å². The molecule has 1 aromatic heterocycles. The molecule has 2 N–H and O–H groups in total. The Balaban J connectivity index is 2.06. The van der Waals surface area contributed by atoms with Crippen molar-refractivity contribution in [2.75, 3.05) is 10.6 Å². The SMILES string of the molecule is O=C(Nc1ccnnc1)Nc1cccc(F)c1Cl. The first kappa shape index (κ1) is 12.3. The van der Waals surface area contributed by atoms with Crippen LogP contribution in [0.1, 0.15) is 0 Å². The third-order valence-corrected chi connectivity index (χ3v) is 2.43. The fraction of sp³-hybridized carbons (Fsp3) is 0. The van der Waals surface area contributed by atoms with Gasteiger partial charge >= 0.3 is 6.03 Å². The Morgan fingerprint density at radius 3 is 2.78 bits per heavy atom. The van der Waals surface area contributed by atoms with Crippen molar-refractivity contribution in [1.29, 1.82) is 0 Å². The van der Waals surface area contributed by atoms with E-state index in [-0.39, 0.29) is 10.7 Å². The van der Waals surface area contributed by atoms with Crippen LogP contribution < -0.4 is 10.6 Å². The number of urea groups is 1. The van der Waals surface area contributed by atoms with Crippen LogP contribution in [0, 0.1) is 5.82 Å². The van der Waals surface area contributed by atoms with Gasteiger partial charge in [0.2, 0.25) is 0 Å². The summed E-state index contributed by atoms with van der Waals surface area (Å²) in [4.78, 5) is 11.6. The maximum atomic E-state index is 13.1. The first-order valence-corrected chi connectivity index (χ1v) is 5.33. The number of hydrogen-bond donors (Lipinski definition) is 2. The molecule has 0 saturated heterocycles. The largest absolute Gasteiger partial charge is 0.323 e. The topological polar surface area (TPSA) is 66.9 Å². The maximum Gasteiger partial charge on any atom is 0.323 e. The number of rotatable bonds is 2. The summed E-state index contributed by atoms with van der Waals surface area (Å²) >= 11 is 5.70. The van der Waals surface area contributed by atoms with Crippen LogP contribution in [-0.2, 0) is 0 Å². The molecule has 1 aromatic carbocycles. The summed E-state index contributed by atoms with van der Waals surface area (Å²) in [5.41, 5.74) is 0.659. The van der Waals surface area contributed by atoms with Crippen molar-refractivity contribution >= 4 is 29.0 Å². The van der Waals surface area contributed by atoms with E-state index in [1.807, 2.05) is 0 Å². The van der Waals surface area contributed by atoms with Gasteiger partial charge in [-0.05, 0) is 18.2 Å². The van der Waals surface area contributed by atoms with Crippen LogP contribution in [-0.4, -0.2) is 16.2 Å². The van der Waals surface area contributed by atoms with Gasteiger partial charge in [0.1, 0.15) is 5.82 Å². The van der Waals surface area contributed by atoms with Crippen LogP contribution in [0.4, 0.5) is 20.6 Å². The monoisotopic (exact) mass is 266 g/mol. The molecule has 92 valence electrons. The number of benzene rings is 1. The minimum atomic E-state index is -0.597. The average molecular weight is 267 g/mol. The summed E-state index contributed by atoms with van der Waals surface area (Å²) in [6.45, 7) is 0. The van der Waals surface area contributed by atoms with Crippen LogP contribution in [0.25, 0.3) is 0 Å². The van der Waals surface area contributed by atoms with E-state index in [1.54, 1.807) is 6.07 Å². The number of amides is 2. The normalized spacial score (nSPS) is 9.89. The molecular formula is C11H8ClFN4O. The Morgan fingerprint density at radius 1 is 1.22 bits per heavy atom. The van der Waals surface area contributed by atoms with Crippen molar-refractivity contribution in [2.24, 2.45) is 0 Å². The minimum absolute atomic E-state index is 0.138. The van der Waals surface area contributed by atoms with E-state index < -0.39 is 11.8 Å². The summed E-state index contributed by atoms with van der Waals surface area (Å²) in [6, 6.07) is 5.17. The van der Waals surface area contributed by atoms with Gasteiger partial charge in [0.25, 0.3) is 0 Å². The summed E-state index contributed by atoms with van der Waals surface area (Å²) in [5, 5.41) is 12.0. The highest BCUT2D eigenvalue weighted by Gasteiger charge is 2.09. The molecule has 0 spiro atoms. The number of anilines is 2. The summed E-state index contributed by atoms with van der Waals surface area (Å²) in [7, 11) is 0. The maximum absolute atomic E-state index is 13.1. The van der Waals surface area contributed by atoms with E-state index in [1.165, 1.54) is 30.6 Å². The molecule has 0 bridgehead atoms. The number of halogens is 2. The zero-order chi connectivity index (χ0) is 13.0. The summed E-state index contributed by atoms with van der Waals surface area (Å²) in [5.74, 6) is -0.597. The van der Waals surface area contributed by atoms with Gasteiger partial charge < -0.3 is 10.6 Å². The molecule has 2 amide bonds. The van der Waals surface area contributed by atoms with Crippen molar-refractivity contribution in [3.05, 3.63) is 47.5 Å². The molecule has 0 unspecified atom stereocenters. The lowest BCUT2D eigenvalue weighted by atomic mass is 10.3. The van der Waals surface area contributed by atoms with Crippen LogP contribution in [0.2, 0.25) is 5.02 Å². The highest BCUT2D eigenvalue weighted by molar-refractivity contribution is 6.33. The number of aromatic nitrogens is 2. The second-order valence-corrected chi connectivity index (χ2v) is 3.69.